The minimum Gasteiger partial charge on any atom is -0.480 e. The van der Waals surface area contributed by atoms with Crippen molar-refractivity contribution in [2.45, 2.75) is 183 Å². The average molecular weight is 1020 g/mol. The summed E-state index contributed by atoms with van der Waals surface area (Å²) in [4.78, 5) is 26.7. The van der Waals surface area contributed by atoms with Crippen LogP contribution in [0.2, 0.25) is 0 Å². The molecular formula is C59H84O10P2. The van der Waals surface area contributed by atoms with Gasteiger partial charge >= 0.3 is 11.9 Å². The van der Waals surface area contributed by atoms with Gasteiger partial charge in [-0.2, -0.15) is 0 Å². The predicted octanol–water partition coefficient (Wildman–Crippen LogP) is 12.9. The summed E-state index contributed by atoms with van der Waals surface area (Å²) in [5.41, 5.74) is 10.0. The van der Waals surface area contributed by atoms with Gasteiger partial charge in [-0.25, -0.2) is 0 Å². The van der Waals surface area contributed by atoms with Crippen molar-refractivity contribution in [2.24, 2.45) is 5.41 Å². The highest BCUT2D eigenvalue weighted by Crippen LogP contribution is 2.51. The average Bonchev–Trinajstić information content (AvgIpc) is 3.76. The van der Waals surface area contributed by atoms with Crippen LogP contribution in [0.3, 0.4) is 0 Å². The highest BCUT2D eigenvalue weighted by molar-refractivity contribution is 7.26. The maximum Gasteiger partial charge on any atom is 0.323 e. The molecular weight excluding hydrogens is 931 g/mol. The van der Waals surface area contributed by atoms with E-state index >= 15 is 0 Å². The lowest BCUT2D eigenvalue weighted by molar-refractivity contribution is -0.134. The summed E-state index contributed by atoms with van der Waals surface area (Å²) in [6.07, 6.45) is 0. The number of ether oxygens (including phenoxy) is 2. The molecule has 2 aliphatic rings. The molecule has 4 unspecified atom stereocenters. The van der Waals surface area contributed by atoms with Gasteiger partial charge in [-0.3, -0.25) is 9.59 Å². The number of carbonyl (C=O) groups is 2. The fourth-order valence-corrected chi connectivity index (χ4v) is 10.1. The molecule has 71 heavy (non-hydrogen) atoms. The number of benzene rings is 4. The standard InChI is InChI=1S/C32H47O7P.C27H37O3P/c1-19-11-20(12-23(30(5,6)7)26(19)39-40-37-18-32(15-33,16-34)17-35)25-22-13-21(29(2,3)4)14-24(31(8,9)10)27(22)38-28(25)36;1-15-11-16(12-19(22(15)30-31)26(5,6)7)21-18-13-17(25(2,3)4)14-20(27(8,9)10)23(18)29-24(21)28/h11-14,25,33-35,40H,15-18H2,1-10H3;11-14,21H,31H2,1-10H3. The Morgan fingerprint density at radius 1 is 0.507 bits per heavy atom. The van der Waals surface area contributed by atoms with Crippen molar-refractivity contribution in [3.05, 3.63) is 115 Å². The fourth-order valence-electron chi connectivity index (χ4n) is 9.03. The molecule has 0 fully saturated rings. The molecule has 0 aromatic heterocycles. The summed E-state index contributed by atoms with van der Waals surface area (Å²) in [6, 6.07) is 16.9. The Hall–Kier alpha value is -3.88. The quantitative estimate of drug-likeness (QED) is 0.0575. The van der Waals surface area contributed by atoms with E-state index in [-0.39, 0.29) is 51.0 Å². The Labute approximate surface area is 429 Å². The third kappa shape index (κ3) is 12.6. The minimum absolute atomic E-state index is 0.0329. The second-order valence-electron chi connectivity index (χ2n) is 26.1. The topological polar surface area (TPSA) is 141 Å². The van der Waals surface area contributed by atoms with Gasteiger partial charge in [0.1, 0.15) is 34.8 Å². The van der Waals surface area contributed by atoms with Gasteiger partial charge in [0.05, 0.1) is 41.3 Å². The van der Waals surface area contributed by atoms with Gasteiger partial charge in [0.15, 0.2) is 0 Å². The number of aliphatic hydroxyl groups is 3. The molecule has 0 aliphatic carbocycles. The zero-order valence-electron chi connectivity index (χ0n) is 46.4. The molecule has 6 rings (SSSR count). The van der Waals surface area contributed by atoms with Crippen LogP contribution >= 0.6 is 18.5 Å². The maximum atomic E-state index is 13.5. The molecule has 0 radical (unpaired) electrons. The van der Waals surface area contributed by atoms with E-state index in [1.54, 1.807) is 0 Å². The molecule has 4 atom stereocenters. The monoisotopic (exact) mass is 1010 g/mol. The number of esters is 2. The van der Waals surface area contributed by atoms with Crippen LogP contribution in [0.4, 0.5) is 0 Å². The Kier molecular flexibility index (Phi) is 17.0. The molecule has 0 spiro atoms. The van der Waals surface area contributed by atoms with Gasteiger partial charge < -0.3 is 38.4 Å². The Morgan fingerprint density at radius 2 is 0.859 bits per heavy atom. The minimum atomic E-state index is -1.13. The molecule has 0 bridgehead atoms. The lowest BCUT2D eigenvalue weighted by Crippen LogP contribution is -2.38. The van der Waals surface area contributed by atoms with Crippen molar-refractivity contribution in [1.82, 2.24) is 0 Å². The van der Waals surface area contributed by atoms with Crippen LogP contribution in [0.25, 0.3) is 0 Å². The molecule has 12 heteroatoms. The SMILES string of the molecule is Cc1cc(C2C(=O)Oc3c2cc(C(C)(C)C)cc3C(C)(C)C)cc(C(C)(C)C)c1OP.Cc1cc(C2C(=O)Oc3c2cc(C(C)(C)C)cc3C(C)(C)C)cc(C(C)(C)C)c1OPOCC(CO)(CO)CO. The first-order valence-electron chi connectivity index (χ1n) is 24.8. The zero-order valence-corrected chi connectivity index (χ0v) is 48.5. The van der Waals surface area contributed by atoms with Crippen molar-refractivity contribution in [3.8, 4) is 23.0 Å². The fraction of sp³-hybridized carbons (Fsp3) is 0.559. The van der Waals surface area contributed by atoms with Gasteiger partial charge in [-0.1, -0.05) is 173 Å². The lowest BCUT2D eigenvalue weighted by Gasteiger charge is -2.28. The summed E-state index contributed by atoms with van der Waals surface area (Å²) >= 11 is 0. The van der Waals surface area contributed by atoms with Crippen LogP contribution in [0, 0.1) is 19.3 Å². The summed E-state index contributed by atoms with van der Waals surface area (Å²) in [5.74, 6) is 1.46. The van der Waals surface area contributed by atoms with Crippen molar-refractivity contribution in [3.63, 3.8) is 0 Å². The van der Waals surface area contributed by atoms with Crippen LogP contribution in [-0.4, -0.2) is 53.7 Å². The highest BCUT2D eigenvalue weighted by atomic mass is 31.1. The van der Waals surface area contributed by atoms with E-state index in [1.165, 1.54) is 5.56 Å². The maximum absolute atomic E-state index is 13.5. The van der Waals surface area contributed by atoms with E-state index in [2.05, 4.69) is 170 Å². The molecule has 2 heterocycles. The first-order valence-corrected chi connectivity index (χ1v) is 26.1. The third-order valence-electron chi connectivity index (χ3n) is 13.7. The number of hydrogen-bond donors (Lipinski definition) is 3. The molecule has 0 amide bonds. The first kappa shape index (κ1) is 58.0. The van der Waals surface area contributed by atoms with E-state index in [4.69, 9.17) is 23.0 Å². The van der Waals surface area contributed by atoms with Gasteiger partial charge in [0.25, 0.3) is 0 Å². The summed E-state index contributed by atoms with van der Waals surface area (Å²) in [5, 5.41) is 28.7. The summed E-state index contributed by atoms with van der Waals surface area (Å²) < 4.78 is 29.3. The van der Waals surface area contributed by atoms with Crippen LogP contribution in [0.1, 0.15) is 203 Å². The van der Waals surface area contributed by atoms with Crippen LogP contribution in [-0.2, 0) is 46.6 Å². The van der Waals surface area contributed by atoms with Crippen LogP contribution in [0.15, 0.2) is 48.5 Å². The van der Waals surface area contributed by atoms with E-state index in [0.29, 0.717) is 11.5 Å². The largest absolute Gasteiger partial charge is 0.480 e. The van der Waals surface area contributed by atoms with Crippen molar-refractivity contribution < 1.29 is 48.0 Å². The number of rotatable bonds is 11. The molecule has 390 valence electrons. The molecule has 4 aromatic carbocycles. The smallest absolute Gasteiger partial charge is 0.323 e. The molecule has 0 saturated heterocycles. The second kappa shape index (κ2) is 20.8. The Morgan fingerprint density at radius 3 is 1.18 bits per heavy atom. The number of carbonyl (C=O) groups excluding carboxylic acids is 2. The van der Waals surface area contributed by atoms with E-state index in [1.807, 2.05) is 26.0 Å². The predicted molar refractivity (Wildman–Crippen MR) is 291 cm³/mol. The number of aliphatic hydroxyl groups excluding tert-OH is 3. The molecule has 0 saturated carbocycles. The van der Waals surface area contributed by atoms with Crippen molar-refractivity contribution >= 4 is 30.4 Å². The number of fused-ring (bicyclic) bond motifs is 2. The Balaban J connectivity index is 0.000000272. The van der Waals surface area contributed by atoms with Gasteiger partial charge in [-0.05, 0) is 79.7 Å². The number of aryl methyl sites for hydroxylation is 2. The second-order valence-corrected chi connectivity index (χ2v) is 27.0. The van der Waals surface area contributed by atoms with Crippen LogP contribution < -0.4 is 18.5 Å². The van der Waals surface area contributed by atoms with E-state index in [9.17, 15) is 24.9 Å². The Bertz CT molecular complexity index is 2610. The van der Waals surface area contributed by atoms with Crippen molar-refractivity contribution in [2.75, 3.05) is 26.4 Å². The molecule has 3 N–H and O–H groups in total. The number of hydrogen-bond acceptors (Lipinski definition) is 10. The first-order chi connectivity index (χ1) is 32.4. The molecule has 2 aliphatic heterocycles. The van der Waals surface area contributed by atoms with E-state index < -0.39 is 46.1 Å². The highest BCUT2D eigenvalue weighted by Gasteiger charge is 2.42. The lowest BCUT2D eigenvalue weighted by atomic mass is 9.76. The zero-order chi connectivity index (χ0) is 53.8. The van der Waals surface area contributed by atoms with Gasteiger partial charge in [0, 0.05) is 33.4 Å². The molecule has 4 aromatic rings. The third-order valence-corrected chi connectivity index (χ3v) is 14.4. The normalized spacial score (nSPS) is 16.7. The summed E-state index contributed by atoms with van der Waals surface area (Å²) in [7, 11) is 1.95. The summed E-state index contributed by atoms with van der Waals surface area (Å²) in [6.45, 7) is 41.6. The van der Waals surface area contributed by atoms with E-state index in [0.717, 1.165) is 72.7 Å². The molecule has 10 nitrogen and oxygen atoms in total. The van der Waals surface area contributed by atoms with Crippen LogP contribution in [0.5, 0.6) is 23.0 Å². The van der Waals surface area contributed by atoms with Crippen molar-refractivity contribution in [1.29, 1.82) is 0 Å². The van der Waals surface area contributed by atoms with Gasteiger partial charge in [0.2, 0.25) is 9.03 Å². The van der Waals surface area contributed by atoms with Gasteiger partial charge in [-0.15, -0.1) is 0 Å².